The molecule has 1 heterocycles. The molecule has 0 fully saturated rings. The molecule has 0 radical (unpaired) electrons. The predicted octanol–water partition coefficient (Wildman–Crippen LogP) is 0.697. The van der Waals surface area contributed by atoms with Crippen molar-refractivity contribution in [1.82, 2.24) is 9.97 Å². The number of anilines is 1. The van der Waals surface area contributed by atoms with Gasteiger partial charge in [0.1, 0.15) is 5.15 Å². The summed E-state index contributed by atoms with van der Waals surface area (Å²) < 4.78 is 0. The van der Waals surface area contributed by atoms with Crippen molar-refractivity contribution in [2.45, 2.75) is 6.42 Å². The third kappa shape index (κ3) is 2.82. The van der Waals surface area contributed by atoms with E-state index < -0.39 is 0 Å². The molecule has 0 aromatic carbocycles. The third-order valence-corrected chi connectivity index (χ3v) is 1.73. The SMILES string of the molecule is CN(C)c1nc(Cl)cc(CCN)n1. The van der Waals surface area contributed by atoms with Crippen LogP contribution in [0.4, 0.5) is 5.95 Å². The van der Waals surface area contributed by atoms with Crippen molar-refractivity contribution >= 4 is 17.5 Å². The number of hydrogen-bond donors (Lipinski definition) is 1. The van der Waals surface area contributed by atoms with Crippen molar-refractivity contribution in [3.8, 4) is 0 Å². The van der Waals surface area contributed by atoms with Gasteiger partial charge in [-0.3, -0.25) is 0 Å². The van der Waals surface area contributed by atoms with Gasteiger partial charge in [-0.2, -0.15) is 0 Å². The van der Waals surface area contributed by atoms with Crippen LogP contribution in [0.3, 0.4) is 0 Å². The van der Waals surface area contributed by atoms with Crippen LogP contribution in [0.25, 0.3) is 0 Å². The highest BCUT2D eigenvalue weighted by Crippen LogP contribution is 2.12. The zero-order valence-electron chi connectivity index (χ0n) is 7.79. The van der Waals surface area contributed by atoms with Crippen LogP contribution in [0.1, 0.15) is 5.69 Å². The third-order valence-electron chi connectivity index (χ3n) is 1.54. The van der Waals surface area contributed by atoms with E-state index in [9.17, 15) is 0 Å². The van der Waals surface area contributed by atoms with E-state index in [0.29, 0.717) is 17.6 Å². The van der Waals surface area contributed by atoms with Gasteiger partial charge in [0.25, 0.3) is 0 Å². The molecule has 0 aliphatic rings. The molecule has 0 saturated heterocycles. The fourth-order valence-electron chi connectivity index (χ4n) is 0.927. The Bertz CT molecular complexity index is 287. The zero-order chi connectivity index (χ0) is 9.84. The summed E-state index contributed by atoms with van der Waals surface area (Å²) in [6.07, 6.45) is 0.725. The first-order chi connectivity index (χ1) is 6.13. The lowest BCUT2D eigenvalue weighted by Gasteiger charge is -2.11. The Hall–Kier alpha value is -0.870. The Labute approximate surface area is 82.7 Å². The standard InChI is InChI=1S/C8H13ClN4/c1-13(2)8-11-6(3-4-10)5-7(9)12-8/h5H,3-4,10H2,1-2H3. The largest absolute Gasteiger partial charge is 0.347 e. The predicted molar refractivity (Wildman–Crippen MR) is 54.1 cm³/mol. The van der Waals surface area contributed by atoms with Gasteiger partial charge in [0.15, 0.2) is 0 Å². The molecule has 0 aliphatic heterocycles. The fourth-order valence-corrected chi connectivity index (χ4v) is 1.13. The summed E-state index contributed by atoms with van der Waals surface area (Å²) in [4.78, 5) is 10.1. The first-order valence-electron chi connectivity index (χ1n) is 4.04. The zero-order valence-corrected chi connectivity index (χ0v) is 8.54. The second kappa shape index (κ2) is 4.39. The topological polar surface area (TPSA) is 55.0 Å². The molecule has 0 aliphatic carbocycles. The summed E-state index contributed by atoms with van der Waals surface area (Å²) in [5.41, 5.74) is 6.30. The molecular formula is C8H13ClN4. The van der Waals surface area contributed by atoms with E-state index in [-0.39, 0.29) is 0 Å². The average Bonchev–Trinajstić information content (AvgIpc) is 2.03. The van der Waals surface area contributed by atoms with Gasteiger partial charge in [-0.15, -0.1) is 0 Å². The van der Waals surface area contributed by atoms with Crippen LogP contribution in [-0.2, 0) is 6.42 Å². The van der Waals surface area contributed by atoms with E-state index in [1.807, 2.05) is 19.0 Å². The average molecular weight is 201 g/mol. The smallest absolute Gasteiger partial charge is 0.226 e. The molecule has 1 rings (SSSR count). The monoisotopic (exact) mass is 200 g/mol. The van der Waals surface area contributed by atoms with Crippen LogP contribution in [0, 0.1) is 0 Å². The molecule has 0 saturated carbocycles. The van der Waals surface area contributed by atoms with Gasteiger partial charge in [0.2, 0.25) is 5.95 Å². The maximum absolute atomic E-state index is 5.81. The summed E-state index contributed by atoms with van der Waals surface area (Å²) in [6.45, 7) is 0.570. The minimum Gasteiger partial charge on any atom is -0.347 e. The van der Waals surface area contributed by atoms with Crippen molar-refractivity contribution in [1.29, 1.82) is 0 Å². The molecule has 1 aromatic heterocycles. The number of aromatic nitrogens is 2. The normalized spacial score (nSPS) is 10.2. The number of nitrogens with zero attached hydrogens (tertiary/aromatic N) is 3. The van der Waals surface area contributed by atoms with Gasteiger partial charge in [-0.25, -0.2) is 9.97 Å². The molecule has 1 aromatic rings. The molecule has 4 nitrogen and oxygen atoms in total. The van der Waals surface area contributed by atoms with Gasteiger partial charge in [0, 0.05) is 26.2 Å². The van der Waals surface area contributed by atoms with E-state index >= 15 is 0 Å². The molecule has 0 unspecified atom stereocenters. The van der Waals surface area contributed by atoms with E-state index in [1.54, 1.807) is 6.07 Å². The molecule has 72 valence electrons. The number of hydrogen-bond acceptors (Lipinski definition) is 4. The van der Waals surface area contributed by atoms with E-state index in [1.165, 1.54) is 0 Å². The summed E-state index contributed by atoms with van der Waals surface area (Å²) in [5, 5.41) is 0.460. The van der Waals surface area contributed by atoms with Gasteiger partial charge in [0.05, 0.1) is 0 Å². The highest BCUT2D eigenvalue weighted by Gasteiger charge is 2.03. The van der Waals surface area contributed by atoms with E-state index in [0.717, 1.165) is 12.1 Å². The minimum absolute atomic E-state index is 0.460. The van der Waals surface area contributed by atoms with Crippen LogP contribution in [0.15, 0.2) is 6.07 Å². The Balaban J connectivity index is 2.96. The van der Waals surface area contributed by atoms with Gasteiger partial charge < -0.3 is 10.6 Å². The van der Waals surface area contributed by atoms with E-state index in [4.69, 9.17) is 17.3 Å². The Morgan fingerprint density at radius 3 is 2.69 bits per heavy atom. The number of nitrogens with two attached hydrogens (primary N) is 1. The molecule has 13 heavy (non-hydrogen) atoms. The van der Waals surface area contributed by atoms with Gasteiger partial charge in [-0.1, -0.05) is 11.6 Å². The lowest BCUT2D eigenvalue weighted by atomic mass is 10.3. The van der Waals surface area contributed by atoms with Crippen LogP contribution in [-0.4, -0.2) is 30.6 Å². The highest BCUT2D eigenvalue weighted by molar-refractivity contribution is 6.29. The molecule has 0 amide bonds. The summed E-state index contributed by atoms with van der Waals surface area (Å²) in [7, 11) is 3.75. The Kier molecular flexibility index (Phi) is 3.45. The molecule has 5 heteroatoms. The maximum Gasteiger partial charge on any atom is 0.226 e. The van der Waals surface area contributed by atoms with Crippen molar-refractivity contribution in [3.05, 3.63) is 16.9 Å². The second-order valence-corrected chi connectivity index (χ2v) is 3.30. The quantitative estimate of drug-likeness (QED) is 0.730. The van der Waals surface area contributed by atoms with Crippen LogP contribution in [0.5, 0.6) is 0 Å². The maximum atomic E-state index is 5.81. The fraction of sp³-hybridized carbons (Fsp3) is 0.500. The Morgan fingerprint density at radius 1 is 1.46 bits per heavy atom. The molecule has 0 atom stereocenters. The lowest BCUT2D eigenvalue weighted by molar-refractivity contribution is 0.890. The summed E-state index contributed by atoms with van der Waals surface area (Å²) in [6, 6.07) is 1.74. The molecular weight excluding hydrogens is 188 g/mol. The van der Waals surface area contributed by atoms with Crippen LogP contribution in [0.2, 0.25) is 5.15 Å². The molecule has 0 bridgehead atoms. The van der Waals surface area contributed by atoms with Gasteiger partial charge >= 0.3 is 0 Å². The van der Waals surface area contributed by atoms with Crippen molar-refractivity contribution < 1.29 is 0 Å². The van der Waals surface area contributed by atoms with Crippen LogP contribution >= 0.6 is 11.6 Å². The first-order valence-corrected chi connectivity index (χ1v) is 4.42. The van der Waals surface area contributed by atoms with E-state index in [2.05, 4.69) is 9.97 Å². The number of rotatable bonds is 3. The second-order valence-electron chi connectivity index (χ2n) is 2.92. The summed E-state index contributed by atoms with van der Waals surface area (Å²) >= 11 is 5.81. The van der Waals surface area contributed by atoms with Crippen LogP contribution < -0.4 is 10.6 Å². The summed E-state index contributed by atoms with van der Waals surface area (Å²) in [5.74, 6) is 0.621. The Morgan fingerprint density at radius 2 is 2.15 bits per heavy atom. The molecule has 2 N–H and O–H groups in total. The van der Waals surface area contributed by atoms with Crippen molar-refractivity contribution in [2.75, 3.05) is 25.5 Å². The van der Waals surface area contributed by atoms with Gasteiger partial charge in [-0.05, 0) is 12.6 Å². The molecule has 0 spiro atoms. The van der Waals surface area contributed by atoms with Crippen molar-refractivity contribution in [2.24, 2.45) is 5.73 Å². The van der Waals surface area contributed by atoms with Crippen molar-refractivity contribution in [3.63, 3.8) is 0 Å². The first kappa shape index (κ1) is 10.2. The minimum atomic E-state index is 0.460. The lowest BCUT2D eigenvalue weighted by Crippen LogP contribution is -2.14. The number of halogens is 1. The highest BCUT2D eigenvalue weighted by atomic mass is 35.5.